The maximum atomic E-state index is 13.8. The Morgan fingerprint density at radius 3 is 2.48 bits per heavy atom. The number of para-hydroxylation sites is 1. The first-order chi connectivity index (χ1) is 13.2. The van der Waals surface area contributed by atoms with Crippen LogP contribution in [0.3, 0.4) is 0 Å². The molecule has 4 nitrogen and oxygen atoms in total. The van der Waals surface area contributed by atoms with Crippen molar-refractivity contribution in [1.82, 2.24) is 0 Å². The summed E-state index contributed by atoms with van der Waals surface area (Å²) >= 11 is 0. The van der Waals surface area contributed by atoms with Crippen LogP contribution in [-0.4, -0.2) is 13.3 Å². The van der Waals surface area contributed by atoms with Crippen LogP contribution in [0.25, 0.3) is 0 Å². The van der Waals surface area contributed by atoms with Gasteiger partial charge in [-0.1, -0.05) is 24.3 Å². The first kappa shape index (κ1) is 18.4. The Morgan fingerprint density at radius 1 is 0.963 bits per heavy atom. The lowest BCUT2D eigenvalue weighted by molar-refractivity contribution is 0.279. The molecule has 0 aliphatic heterocycles. The molecule has 0 saturated heterocycles. The van der Waals surface area contributed by atoms with Gasteiger partial charge in [-0.25, -0.2) is 8.78 Å². The average molecular weight is 368 g/mol. The van der Waals surface area contributed by atoms with Crippen molar-refractivity contribution in [2.45, 2.75) is 6.61 Å². The van der Waals surface area contributed by atoms with Crippen LogP contribution < -0.4 is 14.9 Å². The summed E-state index contributed by atoms with van der Waals surface area (Å²) in [5, 5.41) is 4.14. The number of methoxy groups -OCH3 is 1. The van der Waals surface area contributed by atoms with Gasteiger partial charge in [0.05, 0.1) is 19.0 Å². The van der Waals surface area contributed by atoms with Gasteiger partial charge in [0.25, 0.3) is 0 Å². The van der Waals surface area contributed by atoms with Crippen LogP contribution in [0.4, 0.5) is 14.5 Å². The molecule has 0 aliphatic rings. The summed E-state index contributed by atoms with van der Waals surface area (Å²) in [5.41, 5.74) is 4.55. The quantitative estimate of drug-likeness (QED) is 0.471. The van der Waals surface area contributed by atoms with Crippen molar-refractivity contribution in [1.29, 1.82) is 0 Å². The highest BCUT2D eigenvalue weighted by Gasteiger charge is 2.11. The Labute approximate surface area is 156 Å². The average Bonchev–Trinajstić information content (AvgIpc) is 2.69. The van der Waals surface area contributed by atoms with E-state index in [-0.39, 0.29) is 18.2 Å². The third-order valence-electron chi connectivity index (χ3n) is 3.80. The van der Waals surface area contributed by atoms with Crippen molar-refractivity contribution >= 4 is 11.9 Å². The normalized spacial score (nSPS) is 10.8. The lowest BCUT2D eigenvalue weighted by atomic mass is 10.2. The van der Waals surface area contributed by atoms with Gasteiger partial charge in [0.1, 0.15) is 18.2 Å². The number of ether oxygens (including phenoxy) is 2. The van der Waals surface area contributed by atoms with Crippen molar-refractivity contribution < 1.29 is 18.3 Å². The fraction of sp³-hybridized carbons (Fsp3) is 0.0952. The number of halogens is 2. The molecule has 3 rings (SSSR count). The standard InChI is InChI=1S/C21H18F2N2O2/c1-26-20-8-4-6-15(13-24-25-18-11-9-17(22)10-12-18)21(20)27-14-16-5-2-3-7-19(16)23/h2-13,25H,14H2,1H3. The fourth-order valence-electron chi connectivity index (χ4n) is 2.42. The van der Waals surface area contributed by atoms with Crippen LogP contribution in [0.5, 0.6) is 11.5 Å². The van der Waals surface area contributed by atoms with Gasteiger partial charge < -0.3 is 9.47 Å². The van der Waals surface area contributed by atoms with Crippen LogP contribution in [-0.2, 0) is 6.61 Å². The molecule has 0 spiro atoms. The second kappa shape index (κ2) is 8.80. The van der Waals surface area contributed by atoms with Gasteiger partial charge in [0.15, 0.2) is 11.5 Å². The Bertz CT molecular complexity index is 928. The maximum Gasteiger partial charge on any atom is 0.170 e. The van der Waals surface area contributed by atoms with E-state index in [4.69, 9.17) is 9.47 Å². The van der Waals surface area contributed by atoms with Gasteiger partial charge >= 0.3 is 0 Å². The second-order valence-corrected chi connectivity index (χ2v) is 5.64. The van der Waals surface area contributed by atoms with Crippen LogP contribution in [0.2, 0.25) is 0 Å². The number of nitrogens with one attached hydrogen (secondary N) is 1. The van der Waals surface area contributed by atoms with E-state index in [0.29, 0.717) is 28.3 Å². The first-order valence-electron chi connectivity index (χ1n) is 8.25. The first-order valence-corrected chi connectivity index (χ1v) is 8.25. The van der Waals surface area contributed by atoms with E-state index in [2.05, 4.69) is 10.5 Å². The minimum absolute atomic E-state index is 0.0548. The molecule has 0 unspecified atom stereocenters. The van der Waals surface area contributed by atoms with Gasteiger partial charge in [-0.2, -0.15) is 5.10 Å². The Kier molecular flexibility index (Phi) is 5.99. The number of hydrogen-bond acceptors (Lipinski definition) is 4. The van der Waals surface area contributed by atoms with Crippen LogP contribution in [0.15, 0.2) is 71.8 Å². The molecule has 0 heterocycles. The van der Waals surface area contributed by atoms with E-state index < -0.39 is 0 Å². The Morgan fingerprint density at radius 2 is 1.74 bits per heavy atom. The number of rotatable bonds is 7. The second-order valence-electron chi connectivity index (χ2n) is 5.64. The monoisotopic (exact) mass is 368 g/mol. The smallest absolute Gasteiger partial charge is 0.170 e. The van der Waals surface area contributed by atoms with E-state index in [9.17, 15) is 8.78 Å². The molecule has 0 bridgehead atoms. The molecule has 0 fully saturated rings. The zero-order valence-corrected chi connectivity index (χ0v) is 14.7. The number of anilines is 1. The van der Waals surface area contributed by atoms with Crippen LogP contribution in [0, 0.1) is 11.6 Å². The molecular weight excluding hydrogens is 350 g/mol. The molecule has 6 heteroatoms. The predicted octanol–water partition coefficient (Wildman–Crippen LogP) is 5.00. The van der Waals surface area contributed by atoms with E-state index in [0.717, 1.165) is 0 Å². The highest BCUT2D eigenvalue weighted by molar-refractivity contribution is 5.85. The highest BCUT2D eigenvalue weighted by Crippen LogP contribution is 2.31. The summed E-state index contributed by atoms with van der Waals surface area (Å²) < 4.78 is 37.9. The minimum Gasteiger partial charge on any atom is -0.493 e. The van der Waals surface area contributed by atoms with Crippen molar-refractivity contribution in [3.8, 4) is 11.5 Å². The molecule has 1 N–H and O–H groups in total. The summed E-state index contributed by atoms with van der Waals surface area (Å²) in [6.45, 7) is 0.0548. The lowest BCUT2D eigenvalue weighted by Gasteiger charge is -2.13. The number of hydrogen-bond donors (Lipinski definition) is 1. The molecule has 0 radical (unpaired) electrons. The number of benzene rings is 3. The zero-order chi connectivity index (χ0) is 19.1. The van der Waals surface area contributed by atoms with Crippen LogP contribution >= 0.6 is 0 Å². The lowest BCUT2D eigenvalue weighted by Crippen LogP contribution is -2.03. The third-order valence-corrected chi connectivity index (χ3v) is 3.80. The molecule has 3 aromatic rings. The molecule has 0 atom stereocenters. The minimum atomic E-state index is -0.333. The molecule has 0 aliphatic carbocycles. The zero-order valence-electron chi connectivity index (χ0n) is 14.7. The van der Waals surface area contributed by atoms with Crippen LogP contribution in [0.1, 0.15) is 11.1 Å². The molecular formula is C21H18F2N2O2. The van der Waals surface area contributed by atoms with E-state index in [1.807, 2.05) is 0 Å². The molecule has 27 heavy (non-hydrogen) atoms. The molecule has 0 amide bonds. The Balaban J connectivity index is 1.77. The largest absolute Gasteiger partial charge is 0.493 e. The van der Waals surface area contributed by atoms with Gasteiger partial charge in [0, 0.05) is 11.1 Å². The molecule has 0 saturated carbocycles. The van der Waals surface area contributed by atoms with Gasteiger partial charge in [-0.3, -0.25) is 5.43 Å². The van der Waals surface area contributed by atoms with Gasteiger partial charge in [-0.05, 0) is 42.5 Å². The number of nitrogens with zero attached hydrogens (tertiary/aromatic N) is 1. The number of hydrazone groups is 1. The predicted molar refractivity (Wildman–Crippen MR) is 101 cm³/mol. The van der Waals surface area contributed by atoms with Gasteiger partial charge in [0.2, 0.25) is 0 Å². The van der Waals surface area contributed by atoms with Crippen molar-refractivity contribution in [3.05, 3.63) is 89.5 Å². The summed E-state index contributed by atoms with van der Waals surface area (Å²) in [5.74, 6) is 0.312. The SMILES string of the molecule is COc1cccc(C=NNc2ccc(F)cc2)c1OCc1ccccc1F. The summed E-state index contributed by atoms with van der Waals surface area (Å²) in [6.07, 6.45) is 1.56. The summed E-state index contributed by atoms with van der Waals surface area (Å²) in [4.78, 5) is 0. The maximum absolute atomic E-state index is 13.8. The molecule has 0 aromatic heterocycles. The van der Waals surface area contributed by atoms with E-state index >= 15 is 0 Å². The van der Waals surface area contributed by atoms with E-state index in [1.165, 1.54) is 25.3 Å². The van der Waals surface area contributed by atoms with Crippen molar-refractivity contribution in [3.63, 3.8) is 0 Å². The third kappa shape index (κ3) is 4.82. The fourth-order valence-corrected chi connectivity index (χ4v) is 2.42. The summed E-state index contributed by atoms with van der Waals surface area (Å²) in [6, 6.07) is 17.6. The van der Waals surface area contributed by atoms with Crippen molar-refractivity contribution in [2.75, 3.05) is 12.5 Å². The Hall–Kier alpha value is -3.41. The molecule has 3 aromatic carbocycles. The highest BCUT2D eigenvalue weighted by atomic mass is 19.1. The summed E-state index contributed by atoms with van der Waals surface area (Å²) in [7, 11) is 1.53. The topological polar surface area (TPSA) is 42.8 Å². The van der Waals surface area contributed by atoms with E-state index in [1.54, 1.807) is 54.7 Å². The van der Waals surface area contributed by atoms with Gasteiger partial charge in [-0.15, -0.1) is 0 Å². The van der Waals surface area contributed by atoms with Crippen molar-refractivity contribution in [2.24, 2.45) is 5.10 Å². The molecule has 138 valence electrons.